The lowest BCUT2D eigenvalue weighted by molar-refractivity contribution is 0.0300. The number of nitrogens with zero attached hydrogens (tertiary/aromatic N) is 1. The van der Waals surface area contributed by atoms with Crippen LogP contribution in [-0.4, -0.2) is 47.8 Å². The summed E-state index contributed by atoms with van der Waals surface area (Å²) < 4.78 is 5.25. The Morgan fingerprint density at radius 3 is 2.32 bits per heavy atom. The number of rotatable bonds is 6. The van der Waals surface area contributed by atoms with Crippen LogP contribution in [0.2, 0.25) is 0 Å². The molecule has 1 aromatic carbocycles. The van der Waals surface area contributed by atoms with E-state index in [1.807, 2.05) is 20.8 Å². The van der Waals surface area contributed by atoms with Crippen molar-refractivity contribution in [2.75, 3.05) is 20.1 Å². The molecule has 0 spiro atoms. The van der Waals surface area contributed by atoms with Gasteiger partial charge in [-0.3, -0.25) is 0 Å². The second kappa shape index (κ2) is 7.79. The quantitative estimate of drug-likeness (QED) is 0.789. The lowest BCUT2D eigenvalue weighted by Gasteiger charge is -2.24. The molecule has 6 heteroatoms. The number of likely N-dealkylation sites (N-methyl/N-ethyl adjacent to an activating group) is 1. The summed E-state index contributed by atoms with van der Waals surface area (Å²) in [6.45, 7) is 7.26. The van der Waals surface area contributed by atoms with Crippen LogP contribution in [0.25, 0.3) is 0 Å². The van der Waals surface area contributed by atoms with Crippen LogP contribution in [0.4, 0.5) is 4.79 Å². The maximum Gasteiger partial charge on any atom is 0.410 e. The minimum absolute atomic E-state index is 0.272. The van der Waals surface area contributed by atoms with Crippen molar-refractivity contribution in [1.82, 2.24) is 10.2 Å². The Kier molecular flexibility index (Phi) is 6.37. The third-order valence-electron chi connectivity index (χ3n) is 2.86. The molecule has 0 saturated carbocycles. The predicted octanol–water partition coefficient (Wildman–Crippen LogP) is 2.34. The molecule has 1 rings (SSSR count). The van der Waals surface area contributed by atoms with E-state index < -0.39 is 11.6 Å². The smallest absolute Gasteiger partial charge is 0.410 e. The second-order valence-electron chi connectivity index (χ2n) is 6.08. The van der Waals surface area contributed by atoms with Crippen molar-refractivity contribution in [2.24, 2.45) is 0 Å². The molecular formula is C16H24N2O4. The zero-order valence-corrected chi connectivity index (χ0v) is 13.5. The van der Waals surface area contributed by atoms with Crippen LogP contribution in [0.15, 0.2) is 24.3 Å². The van der Waals surface area contributed by atoms with Crippen LogP contribution in [0, 0.1) is 0 Å². The van der Waals surface area contributed by atoms with Crippen LogP contribution in [0.5, 0.6) is 0 Å². The Labute approximate surface area is 131 Å². The Balaban J connectivity index is 2.30. The van der Waals surface area contributed by atoms with Crippen LogP contribution in [0.1, 0.15) is 36.7 Å². The Hall–Kier alpha value is -2.08. The molecule has 0 atom stereocenters. The van der Waals surface area contributed by atoms with Gasteiger partial charge in [0.15, 0.2) is 0 Å². The molecule has 0 aliphatic carbocycles. The van der Waals surface area contributed by atoms with E-state index >= 15 is 0 Å². The highest BCUT2D eigenvalue weighted by Crippen LogP contribution is 2.08. The van der Waals surface area contributed by atoms with Crippen LogP contribution >= 0.6 is 0 Å². The molecule has 0 bridgehead atoms. The molecule has 0 aliphatic heterocycles. The van der Waals surface area contributed by atoms with Gasteiger partial charge in [0.05, 0.1) is 5.56 Å². The molecule has 0 aromatic heterocycles. The largest absolute Gasteiger partial charge is 0.478 e. The first-order chi connectivity index (χ1) is 10.2. The molecule has 0 fully saturated rings. The molecule has 22 heavy (non-hydrogen) atoms. The topological polar surface area (TPSA) is 78.9 Å². The van der Waals surface area contributed by atoms with Gasteiger partial charge >= 0.3 is 12.1 Å². The Bertz CT molecular complexity index is 506. The predicted molar refractivity (Wildman–Crippen MR) is 84.0 cm³/mol. The number of amides is 1. The molecule has 0 heterocycles. The number of nitrogens with one attached hydrogen (secondary N) is 1. The maximum atomic E-state index is 11.7. The summed E-state index contributed by atoms with van der Waals surface area (Å²) in [6.07, 6.45) is -0.347. The summed E-state index contributed by atoms with van der Waals surface area (Å²) in [5.41, 5.74) is 0.767. The van der Waals surface area contributed by atoms with Crippen molar-refractivity contribution >= 4 is 12.1 Å². The summed E-state index contributed by atoms with van der Waals surface area (Å²) in [4.78, 5) is 24.0. The molecule has 6 nitrogen and oxygen atoms in total. The van der Waals surface area contributed by atoms with E-state index in [9.17, 15) is 9.59 Å². The minimum Gasteiger partial charge on any atom is -0.478 e. The maximum absolute atomic E-state index is 11.7. The molecule has 0 aliphatic rings. The first-order valence-corrected chi connectivity index (χ1v) is 7.16. The number of carbonyl (C=O) groups is 2. The SMILES string of the molecule is CN(CCNCc1ccc(C(=O)O)cc1)C(=O)OC(C)(C)C. The molecule has 0 radical (unpaired) electrons. The van der Waals surface area contributed by atoms with Crippen molar-refractivity contribution < 1.29 is 19.4 Å². The number of aromatic carboxylic acids is 1. The Morgan fingerprint density at radius 1 is 1.23 bits per heavy atom. The van der Waals surface area contributed by atoms with Crippen molar-refractivity contribution in [3.63, 3.8) is 0 Å². The molecule has 0 saturated heterocycles. The summed E-state index contributed by atoms with van der Waals surface area (Å²) in [7, 11) is 1.69. The van der Waals surface area contributed by atoms with E-state index in [1.54, 1.807) is 31.3 Å². The molecule has 0 unspecified atom stereocenters. The van der Waals surface area contributed by atoms with Crippen LogP contribution in [0.3, 0.4) is 0 Å². The number of ether oxygens (including phenoxy) is 1. The summed E-state index contributed by atoms with van der Waals surface area (Å²) in [6, 6.07) is 6.69. The normalized spacial score (nSPS) is 11.1. The number of benzene rings is 1. The molecule has 1 aromatic rings. The zero-order chi connectivity index (χ0) is 16.8. The van der Waals surface area contributed by atoms with Gasteiger partial charge in [-0.05, 0) is 38.5 Å². The van der Waals surface area contributed by atoms with E-state index in [2.05, 4.69) is 5.32 Å². The standard InChI is InChI=1S/C16H24N2O4/c1-16(2,3)22-15(21)18(4)10-9-17-11-12-5-7-13(8-6-12)14(19)20/h5-8,17H,9-11H2,1-4H3,(H,19,20). The highest BCUT2D eigenvalue weighted by molar-refractivity contribution is 5.87. The van der Waals surface area contributed by atoms with Gasteiger partial charge in [0.1, 0.15) is 5.60 Å². The average molecular weight is 308 g/mol. The third kappa shape index (κ3) is 6.58. The summed E-state index contributed by atoms with van der Waals surface area (Å²) in [5, 5.41) is 12.0. The monoisotopic (exact) mass is 308 g/mol. The fourth-order valence-corrected chi connectivity index (χ4v) is 1.68. The van der Waals surface area contributed by atoms with Crippen molar-refractivity contribution in [3.8, 4) is 0 Å². The summed E-state index contributed by atoms with van der Waals surface area (Å²) in [5.74, 6) is -0.932. The van der Waals surface area contributed by atoms with Gasteiger partial charge in [-0.2, -0.15) is 0 Å². The number of hydrogen-bond donors (Lipinski definition) is 2. The van der Waals surface area contributed by atoms with Crippen LogP contribution in [-0.2, 0) is 11.3 Å². The number of carboxylic acid groups (broad SMARTS) is 1. The van der Waals surface area contributed by atoms with Crippen LogP contribution < -0.4 is 5.32 Å². The fourth-order valence-electron chi connectivity index (χ4n) is 1.68. The minimum atomic E-state index is -0.932. The number of hydrogen-bond acceptors (Lipinski definition) is 4. The van der Waals surface area contributed by atoms with E-state index in [0.717, 1.165) is 5.56 Å². The van der Waals surface area contributed by atoms with Gasteiger partial charge in [0.25, 0.3) is 0 Å². The van der Waals surface area contributed by atoms with Crippen molar-refractivity contribution in [3.05, 3.63) is 35.4 Å². The first kappa shape index (κ1) is 18.0. The lowest BCUT2D eigenvalue weighted by Crippen LogP contribution is -2.37. The van der Waals surface area contributed by atoms with Crippen molar-refractivity contribution in [1.29, 1.82) is 0 Å². The van der Waals surface area contributed by atoms with E-state index in [1.165, 1.54) is 4.90 Å². The highest BCUT2D eigenvalue weighted by atomic mass is 16.6. The zero-order valence-electron chi connectivity index (χ0n) is 13.5. The molecular weight excluding hydrogens is 284 g/mol. The fraction of sp³-hybridized carbons (Fsp3) is 0.500. The van der Waals surface area contributed by atoms with Gasteiger partial charge in [-0.25, -0.2) is 9.59 Å². The van der Waals surface area contributed by atoms with E-state index in [0.29, 0.717) is 19.6 Å². The number of carbonyl (C=O) groups excluding carboxylic acids is 1. The van der Waals surface area contributed by atoms with E-state index in [4.69, 9.17) is 9.84 Å². The van der Waals surface area contributed by atoms with Gasteiger partial charge in [-0.15, -0.1) is 0 Å². The number of carboxylic acids is 1. The summed E-state index contributed by atoms with van der Waals surface area (Å²) >= 11 is 0. The van der Waals surface area contributed by atoms with Gasteiger partial charge < -0.3 is 20.1 Å². The average Bonchev–Trinajstić information content (AvgIpc) is 2.42. The second-order valence-corrected chi connectivity index (χ2v) is 6.08. The molecule has 122 valence electrons. The Morgan fingerprint density at radius 2 is 1.82 bits per heavy atom. The first-order valence-electron chi connectivity index (χ1n) is 7.16. The third-order valence-corrected chi connectivity index (χ3v) is 2.86. The van der Waals surface area contributed by atoms with E-state index in [-0.39, 0.29) is 11.7 Å². The van der Waals surface area contributed by atoms with Crippen molar-refractivity contribution in [2.45, 2.75) is 32.9 Å². The van der Waals surface area contributed by atoms with Gasteiger partial charge in [0.2, 0.25) is 0 Å². The van der Waals surface area contributed by atoms with Gasteiger partial charge in [-0.1, -0.05) is 12.1 Å². The lowest BCUT2D eigenvalue weighted by atomic mass is 10.1. The highest BCUT2D eigenvalue weighted by Gasteiger charge is 2.18. The molecule has 1 amide bonds. The van der Waals surface area contributed by atoms with Gasteiger partial charge in [0, 0.05) is 26.7 Å². The molecule has 2 N–H and O–H groups in total.